The number of carbonyl (C=O) groups is 2. The van der Waals surface area contributed by atoms with Gasteiger partial charge in [0.05, 0.1) is 11.4 Å². The monoisotopic (exact) mass is 388 g/mol. The molecule has 0 radical (unpaired) electrons. The number of anilines is 2. The topological polar surface area (TPSA) is 92.1 Å². The van der Waals surface area contributed by atoms with Crippen LogP contribution in [0.5, 0.6) is 5.75 Å². The number of nitrogens with one attached hydrogen (secondary N) is 2. The lowest BCUT2D eigenvalue weighted by molar-refractivity contribution is -0.118. The molecule has 0 saturated carbocycles. The molecule has 0 spiro atoms. The van der Waals surface area contributed by atoms with Crippen LogP contribution in [0.25, 0.3) is 0 Å². The van der Waals surface area contributed by atoms with Gasteiger partial charge in [0.25, 0.3) is 5.91 Å². The summed E-state index contributed by atoms with van der Waals surface area (Å²) in [5, 5.41) is 13.7. The fourth-order valence-electron chi connectivity index (χ4n) is 2.43. The normalized spacial score (nSPS) is 10.5. The first-order valence-electron chi connectivity index (χ1n) is 8.96. The van der Waals surface area contributed by atoms with Gasteiger partial charge in [0.2, 0.25) is 5.91 Å². The second kappa shape index (κ2) is 9.80. The van der Waals surface area contributed by atoms with Crippen molar-refractivity contribution < 1.29 is 14.3 Å². The van der Waals surface area contributed by atoms with E-state index >= 15 is 0 Å². The average Bonchev–Trinajstić information content (AvgIpc) is 2.72. The molecule has 2 N–H and O–H groups in total. The van der Waals surface area contributed by atoms with Gasteiger partial charge in [-0.05, 0) is 48.5 Å². The summed E-state index contributed by atoms with van der Waals surface area (Å²) in [5.41, 5.74) is 2.68. The van der Waals surface area contributed by atoms with E-state index in [2.05, 4.69) is 20.9 Å². The summed E-state index contributed by atoms with van der Waals surface area (Å²) < 4.78 is 5.48. The summed E-state index contributed by atoms with van der Waals surface area (Å²) >= 11 is 0. The maximum atomic E-state index is 12.1. The number of ether oxygens (including phenoxy) is 1. The molecule has 0 aliphatic carbocycles. The van der Waals surface area contributed by atoms with E-state index in [0.29, 0.717) is 22.8 Å². The van der Waals surface area contributed by atoms with Crippen LogP contribution in [0.2, 0.25) is 0 Å². The Bertz CT molecular complexity index is 1000. The predicted octanol–water partition coefficient (Wildman–Crippen LogP) is 5.08. The second-order valence-electron chi connectivity index (χ2n) is 6.13. The van der Waals surface area contributed by atoms with E-state index in [1.165, 1.54) is 6.92 Å². The van der Waals surface area contributed by atoms with Crippen molar-refractivity contribution in [2.75, 3.05) is 17.2 Å². The molecule has 3 aromatic carbocycles. The lowest BCUT2D eigenvalue weighted by Crippen LogP contribution is -2.20. The Labute approximate surface area is 168 Å². The smallest absolute Gasteiger partial charge is 0.262 e. The van der Waals surface area contributed by atoms with Gasteiger partial charge in [0, 0.05) is 24.4 Å². The largest absolute Gasteiger partial charge is 0.484 e. The van der Waals surface area contributed by atoms with E-state index < -0.39 is 0 Å². The van der Waals surface area contributed by atoms with Crippen LogP contribution in [-0.2, 0) is 9.59 Å². The number of rotatable bonds is 7. The van der Waals surface area contributed by atoms with Gasteiger partial charge in [-0.25, -0.2) is 0 Å². The van der Waals surface area contributed by atoms with Crippen LogP contribution in [0.1, 0.15) is 6.92 Å². The van der Waals surface area contributed by atoms with E-state index in [9.17, 15) is 9.59 Å². The Balaban J connectivity index is 1.50. The third-order valence-corrected chi connectivity index (χ3v) is 3.71. The van der Waals surface area contributed by atoms with Crippen LogP contribution >= 0.6 is 0 Å². The van der Waals surface area contributed by atoms with E-state index in [-0.39, 0.29) is 18.4 Å². The molecule has 3 aromatic rings. The maximum absolute atomic E-state index is 12.1. The molecule has 0 bridgehead atoms. The molecule has 0 atom stereocenters. The Morgan fingerprint density at radius 2 is 1.48 bits per heavy atom. The van der Waals surface area contributed by atoms with Crippen LogP contribution in [-0.4, -0.2) is 18.4 Å². The van der Waals surface area contributed by atoms with E-state index in [1.807, 2.05) is 30.3 Å². The first-order chi connectivity index (χ1) is 14.1. The first-order valence-corrected chi connectivity index (χ1v) is 8.96. The number of carbonyl (C=O) groups excluding carboxylic acids is 2. The highest BCUT2D eigenvalue weighted by Crippen LogP contribution is 2.20. The molecule has 0 saturated heterocycles. The van der Waals surface area contributed by atoms with Crippen molar-refractivity contribution in [3.8, 4) is 5.75 Å². The lowest BCUT2D eigenvalue weighted by Gasteiger charge is -2.09. The highest BCUT2D eigenvalue weighted by molar-refractivity contribution is 5.92. The highest BCUT2D eigenvalue weighted by atomic mass is 16.5. The zero-order chi connectivity index (χ0) is 20.5. The van der Waals surface area contributed by atoms with Crippen molar-refractivity contribution in [1.82, 2.24) is 0 Å². The van der Waals surface area contributed by atoms with E-state index in [0.717, 1.165) is 5.69 Å². The van der Waals surface area contributed by atoms with Crippen LogP contribution in [0.4, 0.5) is 22.7 Å². The molecule has 29 heavy (non-hydrogen) atoms. The minimum Gasteiger partial charge on any atom is -0.484 e. The van der Waals surface area contributed by atoms with Crippen molar-refractivity contribution in [3.05, 3.63) is 78.9 Å². The van der Waals surface area contributed by atoms with Crippen LogP contribution in [0, 0.1) is 0 Å². The zero-order valence-corrected chi connectivity index (χ0v) is 15.8. The van der Waals surface area contributed by atoms with Crippen LogP contribution in [0.15, 0.2) is 89.1 Å². The lowest BCUT2D eigenvalue weighted by atomic mass is 10.3. The number of hydrogen-bond donors (Lipinski definition) is 2. The molecule has 0 aliphatic heterocycles. The minimum atomic E-state index is -0.298. The predicted molar refractivity (Wildman–Crippen MR) is 112 cm³/mol. The minimum absolute atomic E-state index is 0.154. The molecule has 2 amide bonds. The van der Waals surface area contributed by atoms with Gasteiger partial charge >= 0.3 is 0 Å². The van der Waals surface area contributed by atoms with Crippen molar-refractivity contribution in [2.24, 2.45) is 10.2 Å². The van der Waals surface area contributed by atoms with Gasteiger partial charge in [-0.3, -0.25) is 9.59 Å². The van der Waals surface area contributed by atoms with Gasteiger partial charge in [-0.2, -0.15) is 10.2 Å². The quantitative estimate of drug-likeness (QED) is 0.553. The van der Waals surface area contributed by atoms with Crippen molar-refractivity contribution in [2.45, 2.75) is 6.92 Å². The highest BCUT2D eigenvalue weighted by Gasteiger charge is 2.05. The van der Waals surface area contributed by atoms with Crippen molar-refractivity contribution in [3.63, 3.8) is 0 Å². The van der Waals surface area contributed by atoms with Gasteiger partial charge in [0.15, 0.2) is 6.61 Å². The summed E-state index contributed by atoms with van der Waals surface area (Å²) in [6.07, 6.45) is 0. The summed E-state index contributed by atoms with van der Waals surface area (Å²) in [4.78, 5) is 23.2. The molecule has 0 aliphatic rings. The summed E-state index contributed by atoms with van der Waals surface area (Å²) in [5.74, 6) is 0.0170. The van der Waals surface area contributed by atoms with Gasteiger partial charge in [-0.1, -0.05) is 24.3 Å². The second-order valence-corrected chi connectivity index (χ2v) is 6.13. The number of benzene rings is 3. The van der Waals surface area contributed by atoms with E-state index in [1.54, 1.807) is 48.5 Å². The van der Waals surface area contributed by atoms with Gasteiger partial charge in [-0.15, -0.1) is 0 Å². The molecule has 7 heteroatoms. The Hall–Kier alpha value is -4.00. The average molecular weight is 388 g/mol. The summed E-state index contributed by atoms with van der Waals surface area (Å²) in [6.45, 7) is 1.27. The fourth-order valence-corrected chi connectivity index (χ4v) is 2.43. The first kappa shape index (κ1) is 19.8. The van der Waals surface area contributed by atoms with Gasteiger partial charge < -0.3 is 15.4 Å². The number of nitrogens with zero attached hydrogens (tertiary/aromatic N) is 2. The Morgan fingerprint density at radius 3 is 2.17 bits per heavy atom. The van der Waals surface area contributed by atoms with Crippen LogP contribution < -0.4 is 15.4 Å². The molecule has 0 unspecified atom stereocenters. The number of amides is 2. The molecule has 0 fully saturated rings. The summed E-state index contributed by atoms with van der Waals surface area (Å²) in [6, 6.07) is 23.3. The Morgan fingerprint density at radius 1 is 0.793 bits per heavy atom. The zero-order valence-electron chi connectivity index (χ0n) is 15.8. The number of azo groups is 1. The third-order valence-electron chi connectivity index (χ3n) is 3.71. The van der Waals surface area contributed by atoms with Gasteiger partial charge in [0.1, 0.15) is 5.75 Å². The standard InChI is InChI=1S/C22H20N4O3/c1-16(27)23-20-8-5-9-21(14-20)29-15-22(28)24-17-10-12-19(13-11-17)26-25-18-6-3-2-4-7-18/h2-14H,15H2,1H3,(H,23,27)(H,24,28). The molecular weight excluding hydrogens is 368 g/mol. The number of hydrogen-bond acceptors (Lipinski definition) is 5. The molecule has 0 heterocycles. The molecule has 3 rings (SSSR count). The molecule has 0 aromatic heterocycles. The molecule has 146 valence electrons. The summed E-state index contributed by atoms with van der Waals surface area (Å²) in [7, 11) is 0. The van der Waals surface area contributed by atoms with E-state index in [4.69, 9.17) is 4.74 Å². The van der Waals surface area contributed by atoms with Crippen molar-refractivity contribution >= 4 is 34.6 Å². The SMILES string of the molecule is CC(=O)Nc1cccc(OCC(=O)Nc2ccc(N=Nc3ccccc3)cc2)c1. The maximum Gasteiger partial charge on any atom is 0.262 e. The fraction of sp³-hybridized carbons (Fsp3) is 0.0909. The third kappa shape index (κ3) is 6.59. The van der Waals surface area contributed by atoms with Crippen molar-refractivity contribution in [1.29, 1.82) is 0 Å². The molecule has 7 nitrogen and oxygen atoms in total. The Kier molecular flexibility index (Phi) is 6.67. The molecular formula is C22H20N4O3. The van der Waals surface area contributed by atoms with Crippen LogP contribution in [0.3, 0.4) is 0 Å².